The Labute approximate surface area is 194 Å². The molecule has 1 saturated heterocycles. The first-order chi connectivity index (χ1) is 16.4. The molecule has 0 spiro atoms. The van der Waals surface area contributed by atoms with E-state index in [0.29, 0.717) is 53.9 Å². The van der Waals surface area contributed by atoms with Crippen molar-refractivity contribution in [2.45, 2.75) is 51.2 Å². The Hall–Kier alpha value is -3.40. The smallest absolute Gasteiger partial charge is 0.273 e. The maximum atomic E-state index is 14.3. The van der Waals surface area contributed by atoms with Crippen molar-refractivity contribution in [2.24, 2.45) is 0 Å². The highest BCUT2D eigenvalue weighted by atomic mass is 19.3. The molecule has 2 aliphatic rings. The molecule has 4 heterocycles. The van der Waals surface area contributed by atoms with Crippen LogP contribution in [0.4, 0.5) is 14.6 Å². The summed E-state index contributed by atoms with van der Waals surface area (Å²) in [6.45, 7) is 4.95. The Balaban J connectivity index is 1.43. The minimum atomic E-state index is -2.78. The van der Waals surface area contributed by atoms with Gasteiger partial charge in [-0.25, -0.2) is 18.7 Å². The van der Waals surface area contributed by atoms with Gasteiger partial charge in [0.2, 0.25) is 5.65 Å². The second-order valence-corrected chi connectivity index (χ2v) is 8.94. The van der Waals surface area contributed by atoms with Crippen molar-refractivity contribution in [1.29, 1.82) is 0 Å². The fourth-order valence-corrected chi connectivity index (χ4v) is 4.95. The number of halogens is 2. The standard InChI is InChI=1S/C24H24F2N6O2/c1-13(16-4-3-5-19-17(16)6-8-24(19,25)26)28-21-18-10-20(34-15-7-9-33-11-15)23-31-27-12-32(23)22(18)30-14(2)29-21/h3-5,10,12-13,15H,6-9,11H2,1-2H3,(H,28,29,30)/t13?,15-/m0/s1. The number of fused-ring (bicyclic) bond motifs is 4. The molecule has 1 unspecified atom stereocenters. The molecular weight excluding hydrogens is 442 g/mol. The maximum Gasteiger partial charge on any atom is 0.273 e. The molecule has 34 heavy (non-hydrogen) atoms. The van der Waals surface area contributed by atoms with Crippen molar-refractivity contribution in [1.82, 2.24) is 24.6 Å². The molecule has 10 heteroatoms. The number of aromatic nitrogens is 5. The van der Waals surface area contributed by atoms with Crippen LogP contribution >= 0.6 is 0 Å². The summed E-state index contributed by atoms with van der Waals surface area (Å²) in [5, 5.41) is 12.5. The van der Waals surface area contributed by atoms with Gasteiger partial charge in [-0.3, -0.25) is 4.40 Å². The van der Waals surface area contributed by atoms with E-state index < -0.39 is 5.92 Å². The Morgan fingerprint density at radius 3 is 2.97 bits per heavy atom. The largest absolute Gasteiger partial charge is 0.484 e. The summed E-state index contributed by atoms with van der Waals surface area (Å²) in [5.41, 5.74) is 2.91. The molecule has 1 aliphatic heterocycles. The second-order valence-electron chi connectivity index (χ2n) is 8.94. The van der Waals surface area contributed by atoms with E-state index in [0.717, 1.165) is 17.4 Å². The van der Waals surface area contributed by atoms with E-state index >= 15 is 0 Å². The number of aryl methyl sites for hydroxylation is 1. The van der Waals surface area contributed by atoms with E-state index in [4.69, 9.17) is 9.47 Å². The molecule has 4 aromatic rings. The third-order valence-electron chi connectivity index (χ3n) is 6.61. The van der Waals surface area contributed by atoms with Crippen molar-refractivity contribution in [3.05, 3.63) is 53.1 Å². The lowest BCUT2D eigenvalue weighted by molar-refractivity contribution is -0.00184. The Bertz CT molecular complexity index is 1400. The minimum absolute atomic E-state index is 0.0618. The zero-order valence-electron chi connectivity index (χ0n) is 18.9. The van der Waals surface area contributed by atoms with E-state index in [1.807, 2.05) is 26.0 Å². The summed E-state index contributed by atoms with van der Waals surface area (Å²) in [7, 11) is 0. The molecule has 8 nitrogen and oxygen atoms in total. The van der Waals surface area contributed by atoms with Crippen molar-refractivity contribution in [2.75, 3.05) is 18.5 Å². The van der Waals surface area contributed by atoms with Gasteiger partial charge >= 0.3 is 0 Å². The van der Waals surface area contributed by atoms with E-state index in [-0.39, 0.29) is 24.1 Å². The van der Waals surface area contributed by atoms with Gasteiger partial charge in [0.05, 0.1) is 24.6 Å². The van der Waals surface area contributed by atoms with Crippen LogP contribution in [0.25, 0.3) is 16.7 Å². The number of alkyl halides is 2. The molecule has 0 bridgehead atoms. The first-order valence-corrected chi connectivity index (χ1v) is 11.4. The number of rotatable bonds is 5. The molecule has 0 amide bonds. The van der Waals surface area contributed by atoms with Crippen LogP contribution in [0.5, 0.6) is 5.75 Å². The van der Waals surface area contributed by atoms with Crippen molar-refractivity contribution in [3.8, 4) is 5.75 Å². The van der Waals surface area contributed by atoms with Crippen LogP contribution in [0.15, 0.2) is 30.6 Å². The average Bonchev–Trinajstić information content (AvgIpc) is 3.55. The summed E-state index contributed by atoms with van der Waals surface area (Å²) in [6.07, 6.45) is 2.54. The van der Waals surface area contributed by atoms with Crippen LogP contribution in [0.3, 0.4) is 0 Å². The topological polar surface area (TPSA) is 86.5 Å². The highest BCUT2D eigenvalue weighted by Crippen LogP contribution is 2.44. The summed E-state index contributed by atoms with van der Waals surface area (Å²) >= 11 is 0. The number of anilines is 1. The third kappa shape index (κ3) is 3.44. The summed E-state index contributed by atoms with van der Waals surface area (Å²) < 4.78 is 42.1. The van der Waals surface area contributed by atoms with E-state index in [1.54, 1.807) is 16.8 Å². The monoisotopic (exact) mass is 466 g/mol. The van der Waals surface area contributed by atoms with Crippen LogP contribution in [-0.2, 0) is 17.1 Å². The zero-order valence-corrected chi connectivity index (χ0v) is 18.9. The number of hydrogen-bond acceptors (Lipinski definition) is 7. The normalized spacial score (nSPS) is 20.1. The summed E-state index contributed by atoms with van der Waals surface area (Å²) in [4.78, 5) is 9.27. The van der Waals surface area contributed by atoms with Crippen LogP contribution < -0.4 is 10.1 Å². The molecule has 176 valence electrons. The van der Waals surface area contributed by atoms with Gasteiger partial charge in [0, 0.05) is 18.4 Å². The molecule has 1 aliphatic carbocycles. The Kier molecular flexibility index (Phi) is 4.87. The highest BCUT2D eigenvalue weighted by molar-refractivity contribution is 5.91. The number of benzene rings is 1. The van der Waals surface area contributed by atoms with E-state index in [2.05, 4.69) is 25.5 Å². The van der Waals surface area contributed by atoms with Gasteiger partial charge in [0.15, 0.2) is 11.4 Å². The van der Waals surface area contributed by atoms with Gasteiger partial charge in [-0.1, -0.05) is 18.2 Å². The number of ether oxygens (including phenoxy) is 2. The van der Waals surface area contributed by atoms with Crippen molar-refractivity contribution >= 4 is 22.5 Å². The molecule has 1 aromatic carbocycles. The lowest BCUT2D eigenvalue weighted by Crippen LogP contribution is -2.17. The van der Waals surface area contributed by atoms with Crippen molar-refractivity contribution in [3.63, 3.8) is 0 Å². The van der Waals surface area contributed by atoms with Crippen LogP contribution in [-0.4, -0.2) is 43.9 Å². The first kappa shape index (κ1) is 21.2. The molecule has 2 atom stereocenters. The zero-order chi connectivity index (χ0) is 23.4. The van der Waals surface area contributed by atoms with Gasteiger partial charge < -0.3 is 14.8 Å². The van der Waals surface area contributed by atoms with Crippen molar-refractivity contribution < 1.29 is 18.3 Å². The van der Waals surface area contributed by atoms with Crippen LogP contribution in [0.1, 0.15) is 48.3 Å². The van der Waals surface area contributed by atoms with Gasteiger partial charge in [-0.15, -0.1) is 10.2 Å². The SMILES string of the molecule is Cc1nc(NC(C)c2cccc3c2CCC3(F)F)c2cc(O[C@H]3CCOC3)c3nncn3c2n1. The lowest BCUT2D eigenvalue weighted by Gasteiger charge is -2.21. The average molecular weight is 466 g/mol. The molecule has 0 radical (unpaired) electrons. The predicted octanol–water partition coefficient (Wildman–Crippen LogP) is 4.36. The second kappa shape index (κ2) is 7.83. The molecular formula is C24H24F2N6O2. The number of hydrogen-bond donors (Lipinski definition) is 1. The lowest BCUT2D eigenvalue weighted by atomic mass is 9.97. The number of nitrogens with one attached hydrogen (secondary N) is 1. The van der Waals surface area contributed by atoms with Crippen LogP contribution in [0, 0.1) is 6.92 Å². The van der Waals surface area contributed by atoms with Gasteiger partial charge in [-0.2, -0.15) is 0 Å². The summed E-state index contributed by atoms with van der Waals surface area (Å²) in [6, 6.07) is 6.76. The molecule has 0 saturated carbocycles. The predicted molar refractivity (Wildman–Crippen MR) is 121 cm³/mol. The third-order valence-corrected chi connectivity index (χ3v) is 6.61. The minimum Gasteiger partial charge on any atom is -0.484 e. The first-order valence-electron chi connectivity index (χ1n) is 11.4. The molecule has 1 N–H and O–H groups in total. The number of pyridine rings is 1. The summed E-state index contributed by atoms with van der Waals surface area (Å²) in [5.74, 6) is -1.04. The fourth-order valence-electron chi connectivity index (χ4n) is 4.95. The van der Waals surface area contributed by atoms with Crippen LogP contribution in [0.2, 0.25) is 0 Å². The highest BCUT2D eigenvalue weighted by Gasteiger charge is 2.40. The van der Waals surface area contributed by atoms with Gasteiger partial charge in [0.1, 0.15) is 24.1 Å². The molecule has 1 fully saturated rings. The molecule has 3 aromatic heterocycles. The quantitative estimate of drug-likeness (QED) is 0.468. The van der Waals surface area contributed by atoms with Gasteiger partial charge in [0.25, 0.3) is 5.92 Å². The Morgan fingerprint density at radius 2 is 2.15 bits per heavy atom. The maximum absolute atomic E-state index is 14.3. The number of nitrogens with zero attached hydrogens (tertiary/aromatic N) is 5. The Morgan fingerprint density at radius 1 is 1.26 bits per heavy atom. The molecule has 6 rings (SSSR count). The van der Waals surface area contributed by atoms with Gasteiger partial charge in [-0.05, 0) is 37.5 Å². The van der Waals surface area contributed by atoms with E-state index in [9.17, 15) is 8.78 Å². The fraction of sp³-hybridized carbons (Fsp3) is 0.417. The van der Waals surface area contributed by atoms with E-state index in [1.165, 1.54) is 6.07 Å².